The molecular formula is C11H17NO3. The van der Waals surface area contributed by atoms with E-state index >= 15 is 0 Å². The highest BCUT2D eigenvalue weighted by molar-refractivity contribution is 6.01. The second-order valence-corrected chi connectivity index (χ2v) is 4.38. The van der Waals surface area contributed by atoms with Gasteiger partial charge in [0.05, 0.1) is 0 Å². The van der Waals surface area contributed by atoms with Crippen LogP contribution in [0.1, 0.15) is 33.1 Å². The molecule has 2 N–H and O–H groups in total. The normalized spacial score (nSPS) is 21.1. The van der Waals surface area contributed by atoms with Crippen molar-refractivity contribution in [2.45, 2.75) is 39.2 Å². The molecule has 0 aromatic heterocycles. The first-order chi connectivity index (χ1) is 6.94. The predicted molar refractivity (Wildman–Crippen MR) is 56.3 cm³/mol. The lowest BCUT2D eigenvalue weighted by atomic mass is 9.91. The summed E-state index contributed by atoms with van der Waals surface area (Å²) >= 11 is 0. The quantitative estimate of drug-likeness (QED) is 0.546. The van der Waals surface area contributed by atoms with E-state index in [9.17, 15) is 9.59 Å². The SMILES string of the molecule is CC(C)(C(=O)O)C(=O)N[C@H]1CC=CCC1. The number of amides is 1. The molecule has 1 atom stereocenters. The van der Waals surface area contributed by atoms with Crippen molar-refractivity contribution in [1.82, 2.24) is 5.32 Å². The summed E-state index contributed by atoms with van der Waals surface area (Å²) in [5.74, 6) is -1.50. The molecule has 0 fully saturated rings. The number of nitrogens with one attached hydrogen (secondary N) is 1. The highest BCUT2D eigenvalue weighted by Gasteiger charge is 2.36. The van der Waals surface area contributed by atoms with Gasteiger partial charge in [-0.25, -0.2) is 0 Å². The van der Waals surface area contributed by atoms with Gasteiger partial charge in [0.25, 0.3) is 0 Å². The van der Waals surface area contributed by atoms with Gasteiger partial charge in [0, 0.05) is 6.04 Å². The van der Waals surface area contributed by atoms with Crippen molar-refractivity contribution in [3.05, 3.63) is 12.2 Å². The van der Waals surface area contributed by atoms with E-state index in [1.54, 1.807) is 0 Å². The van der Waals surface area contributed by atoms with Crippen LogP contribution >= 0.6 is 0 Å². The molecule has 0 radical (unpaired) electrons. The standard InChI is InChI=1S/C11H17NO3/c1-11(2,10(14)15)9(13)12-8-6-4-3-5-7-8/h3-4,8H,5-7H2,1-2H3,(H,12,13)(H,14,15)/t8-/m0/s1. The van der Waals surface area contributed by atoms with Crippen LogP contribution in [0.4, 0.5) is 0 Å². The van der Waals surface area contributed by atoms with E-state index in [1.807, 2.05) is 6.08 Å². The van der Waals surface area contributed by atoms with Gasteiger partial charge >= 0.3 is 5.97 Å². The fourth-order valence-electron chi connectivity index (χ4n) is 1.39. The van der Waals surface area contributed by atoms with E-state index in [1.165, 1.54) is 13.8 Å². The Hall–Kier alpha value is -1.32. The Morgan fingerprint density at radius 2 is 2.07 bits per heavy atom. The van der Waals surface area contributed by atoms with E-state index in [-0.39, 0.29) is 6.04 Å². The molecule has 4 nitrogen and oxygen atoms in total. The largest absolute Gasteiger partial charge is 0.480 e. The van der Waals surface area contributed by atoms with Crippen molar-refractivity contribution in [2.24, 2.45) is 5.41 Å². The number of rotatable bonds is 3. The van der Waals surface area contributed by atoms with E-state index in [0.717, 1.165) is 19.3 Å². The van der Waals surface area contributed by atoms with Crippen LogP contribution in [0.5, 0.6) is 0 Å². The molecule has 4 heteroatoms. The van der Waals surface area contributed by atoms with Gasteiger partial charge < -0.3 is 10.4 Å². The lowest BCUT2D eigenvalue weighted by Gasteiger charge is -2.24. The molecule has 0 bridgehead atoms. The summed E-state index contributed by atoms with van der Waals surface area (Å²) in [5.41, 5.74) is -1.35. The van der Waals surface area contributed by atoms with E-state index < -0.39 is 17.3 Å². The van der Waals surface area contributed by atoms with Gasteiger partial charge in [-0.1, -0.05) is 12.2 Å². The second-order valence-electron chi connectivity index (χ2n) is 4.38. The Morgan fingerprint density at radius 1 is 1.40 bits per heavy atom. The average molecular weight is 211 g/mol. The van der Waals surface area contributed by atoms with Crippen molar-refractivity contribution in [3.63, 3.8) is 0 Å². The Morgan fingerprint density at radius 3 is 2.53 bits per heavy atom. The third-order valence-corrected chi connectivity index (χ3v) is 2.71. The molecule has 1 amide bonds. The Labute approximate surface area is 89.4 Å². The number of carbonyl (C=O) groups is 2. The van der Waals surface area contributed by atoms with Crippen LogP contribution < -0.4 is 5.32 Å². The summed E-state index contributed by atoms with van der Waals surface area (Å²) in [6, 6.07) is 0.0844. The molecule has 84 valence electrons. The van der Waals surface area contributed by atoms with Crippen LogP contribution in [-0.2, 0) is 9.59 Å². The fraction of sp³-hybridized carbons (Fsp3) is 0.636. The zero-order valence-corrected chi connectivity index (χ0v) is 9.12. The third-order valence-electron chi connectivity index (χ3n) is 2.71. The van der Waals surface area contributed by atoms with Crippen LogP contribution in [0.2, 0.25) is 0 Å². The molecule has 0 aromatic carbocycles. The van der Waals surface area contributed by atoms with Crippen molar-refractivity contribution in [2.75, 3.05) is 0 Å². The number of aliphatic carboxylic acids is 1. The van der Waals surface area contributed by atoms with Crippen molar-refractivity contribution >= 4 is 11.9 Å². The summed E-state index contributed by atoms with van der Waals surface area (Å²) in [4.78, 5) is 22.5. The van der Waals surface area contributed by atoms with Crippen molar-refractivity contribution in [1.29, 1.82) is 0 Å². The number of carboxylic acids is 1. The maximum atomic E-state index is 11.7. The Bertz CT molecular complexity index is 294. The molecule has 0 unspecified atom stereocenters. The highest BCUT2D eigenvalue weighted by atomic mass is 16.4. The molecule has 1 aliphatic carbocycles. The Balaban J connectivity index is 2.55. The molecule has 1 rings (SSSR count). The predicted octanol–water partition coefficient (Wildman–Crippen LogP) is 1.32. The maximum absolute atomic E-state index is 11.7. The molecule has 0 spiro atoms. The molecule has 15 heavy (non-hydrogen) atoms. The molecule has 1 aliphatic rings. The zero-order valence-electron chi connectivity index (χ0n) is 9.12. The van der Waals surface area contributed by atoms with E-state index in [4.69, 9.17) is 5.11 Å². The summed E-state index contributed by atoms with van der Waals surface area (Å²) in [7, 11) is 0. The third kappa shape index (κ3) is 2.81. The lowest BCUT2D eigenvalue weighted by Crippen LogP contribution is -2.46. The summed E-state index contributed by atoms with van der Waals surface area (Å²) < 4.78 is 0. The molecular weight excluding hydrogens is 194 g/mol. The number of carbonyl (C=O) groups excluding carboxylic acids is 1. The van der Waals surface area contributed by atoms with Crippen LogP contribution in [0.15, 0.2) is 12.2 Å². The van der Waals surface area contributed by atoms with E-state index in [0.29, 0.717) is 0 Å². The van der Waals surface area contributed by atoms with Crippen LogP contribution in [-0.4, -0.2) is 23.0 Å². The van der Waals surface area contributed by atoms with Gasteiger partial charge in [0.2, 0.25) is 5.91 Å². The smallest absolute Gasteiger partial charge is 0.318 e. The summed E-state index contributed by atoms with van der Waals surface area (Å²) in [6.07, 6.45) is 6.71. The molecule has 0 aliphatic heterocycles. The minimum absolute atomic E-state index is 0.0844. The number of hydrogen-bond donors (Lipinski definition) is 2. The lowest BCUT2D eigenvalue weighted by molar-refractivity contribution is -0.153. The van der Waals surface area contributed by atoms with Crippen LogP contribution in [0.25, 0.3) is 0 Å². The topological polar surface area (TPSA) is 66.4 Å². The first-order valence-corrected chi connectivity index (χ1v) is 5.14. The first-order valence-electron chi connectivity index (χ1n) is 5.14. The molecule has 0 aromatic rings. The summed E-state index contributed by atoms with van der Waals surface area (Å²) in [6.45, 7) is 2.84. The minimum Gasteiger partial charge on any atom is -0.480 e. The number of hydrogen-bond acceptors (Lipinski definition) is 2. The van der Waals surface area contributed by atoms with Crippen LogP contribution in [0, 0.1) is 5.41 Å². The second kappa shape index (κ2) is 4.47. The number of allylic oxidation sites excluding steroid dienone is 1. The molecule has 0 saturated heterocycles. The maximum Gasteiger partial charge on any atom is 0.318 e. The number of carboxylic acid groups (broad SMARTS) is 1. The van der Waals surface area contributed by atoms with Gasteiger partial charge in [-0.15, -0.1) is 0 Å². The fourth-order valence-corrected chi connectivity index (χ4v) is 1.39. The molecule has 0 heterocycles. The van der Waals surface area contributed by atoms with Gasteiger partial charge in [-0.3, -0.25) is 9.59 Å². The zero-order chi connectivity index (χ0) is 11.5. The average Bonchev–Trinajstić information content (AvgIpc) is 2.18. The highest BCUT2D eigenvalue weighted by Crippen LogP contribution is 2.18. The van der Waals surface area contributed by atoms with E-state index in [2.05, 4.69) is 11.4 Å². The van der Waals surface area contributed by atoms with Gasteiger partial charge in [-0.2, -0.15) is 0 Å². The van der Waals surface area contributed by atoms with Gasteiger partial charge in [-0.05, 0) is 33.1 Å². The first kappa shape index (κ1) is 11.8. The minimum atomic E-state index is -1.35. The van der Waals surface area contributed by atoms with Crippen LogP contribution in [0.3, 0.4) is 0 Å². The summed E-state index contributed by atoms with van der Waals surface area (Å²) in [5, 5.41) is 11.6. The van der Waals surface area contributed by atoms with Gasteiger partial charge in [0.15, 0.2) is 0 Å². The van der Waals surface area contributed by atoms with Crippen molar-refractivity contribution < 1.29 is 14.7 Å². The van der Waals surface area contributed by atoms with Gasteiger partial charge in [0.1, 0.15) is 5.41 Å². The Kier molecular flexibility index (Phi) is 3.50. The monoisotopic (exact) mass is 211 g/mol. The molecule has 0 saturated carbocycles. The van der Waals surface area contributed by atoms with Crippen molar-refractivity contribution in [3.8, 4) is 0 Å².